The van der Waals surface area contributed by atoms with E-state index in [9.17, 15) is 4.79 Å². The Morgan fingerprint density at radius 2 is 2.06 bits per heavy atom. The van der Waals surface area contributed by atoms with E-state index >= 15 is 0 Å². The Labute approximate surface area is 108 Å². The Kier molecular flexibility index (Phi) is 5.61. The zero-order valence-electron chi connectivity index (χ0n) is 11.1. The van der Waals surface area contributed by atoms with Crippen molar-refractivity contribution < 1.29 is 9.53 Å². The topological polar surface area (TPSA) is 67.6 Å². The average Bonchev–Trinajstić information content (AvgIpc) is 2.37. The Balaban J connectivity index is 2.51. The molecule has 1 rings (SSSR count). The van der Waals surface area contributed by atoms with Crippen LogP contribution in [-0.2, 0) is 9.53 Å². The highest BCUT2D eigenvalue weighted by Crippen LogP contribution is 2.11. The predicted molar refractivity (Wildman–Crippen MR) is 73.5 cm³/mol. The van der Waals surface area contributed by atoms with Crippen LogP contribution in [0.3, 0.4) is 0 Å². The van der Waals surface area contributed by atoms with E-state index in [1.54, 1.807) is 31.4 Å². The number of carbonyl (C=O) groups excluding carboxylic acids is 1. The summed E-state index contributed by atoms with van der Waals surface area (Å²) in [6.07, 6.45) is 0. The van der Waals surface area contributed by atoms with Crippen LogP contribution in [-0.4, -0.2) is 44.2 Å². The number of nitrogens with two attached hydrogens (primary N) is 1. The third kappa shape index (κ3) is 4.35. The van der Waals surface area contributed by atoms with Gasteiger partial charge in [-0.3, -0.25) is 9.69 Å². The highest BCUT2D eigenvalue weighted by molar-refractivity contribution is 5.94. The second-order valence-corrected chi connectivity index (χ2v) is 4.26. The number of rotatable bonds is 6. The third-order valence-electron chi connectivity index (χ3n) is 2.87. The van der Waals surface area contributed by atoms with Gasteiger partial charge in [0.05, 0.1) is 12.6 Å². The minimum absolute atomic E-state index is 0.0432. The van der Waals surface area contributed by atoms with Gasteiger partial charge in [0.15, 0.2) is 0 Å². The Morgan fingerprint density at radius 3 is 2.61 bits per heavy atom. The number of nitrogens with zero attached hydrogens (tertiary/aromatic N) is 1. The molecular formula is C13H21N3O2. The van der Waals surface area contributed by atoms with Gasteiger partial charge in [-0.15, -0.1) is 0 Å². The van der Waals surface area contributed by atoms with Crippen LogP contribution in [0.25, 0.3) is 0 Å². The summed E-state index contributed by atoms with van der Waals surface area (Å²) in [5.74, 6) is -0.0432. The summed E-state index contributed by atoms with van der Waals surface area (Å²) in [6, 6.07) is 6.88. The zero-order valence-corrected chi connectivity index (χ0v) is 11.1. The number of carbonyl (C=O) groups is 1. The first-order chi connectivity index (χ1) is 8.54. The highest BCUT2D eigenvalue weighted by Gasteiger charge is 2.17. The average molecular weight is 251 g/mol. The molecule has 1 unspecified atom stereocenters. The number of amides is 1. The lowest BCUT2D eigenvalue weighted by Crippen LogP contribution is -2.41. The number of likely N-dealkylation sites (N-methyl/N-ethyl adjacent to an activating group) is 1. The lowest BCUT2D eigenvalue weighted by atomic mass is 10.2. The lowest BCUT2D eigenvalue weighted by molar-refractivity contribution is -0.120. The molecule has 0 aliphatic rings. The molecule has 1 atom stereocenters. The van der Waals surface area contributed by atoms with E-state index in [0.717, 1.165) is 5.69 Å². The number of benzene rings is 1. The van der Waals surface area contributed by atoms with Gasteiger partial charge < -0.3 is 15.8 Å². The van der Waals surface area contributed by atoms with Gasteiger partial charge >= 0.3 is 0 Å². The number of methoxy groups -OCH3 is 1. The summed E-state index contributed by atoms with van der Waals surface area (Å²) in [5, 5.41) is 2.85. The van der Waals surface area contributed by atoms with Crippen molar-refractivity contribution in [1.29, 1.82) is 0 Å². The number of ether oxygens (including phenoxy) is 1. The van der Waals surface area contributed by atoms with Crippen molar-refractivity contribution in [2.24, 2.45) is 0 Å². The smallest absolute Gasteiger partial charge is 0.241 e. The van der Waals surface area contributed by atoms with Crippen LogP contribution in [0.1, 0.15) is 6.92 Å². The number of anilines is 2. The molecule has 0 aromatic heterocycles. The molecule has 0 spiro atoms. The van der Waals surface area contributed by atoms with Crippen LogP contribution in [0, 0.1) is 0 Å². The molecule has 0 saturated carbocycles. The van der Waals surface area contributed by atoms with E-state index < -0.39 is 0 Å². The van der Waals surface area contributed by atoms with Crippen LogP contribution in [0.4, 0.5) is 11.4 Å². The SMILES string of the molecule is COCCN(C)C(C)C(=O)Nc1ccc(N)cc1. The van der Waals surface area contributed by atoms with Gasteiger partial charge in [-0.25, -0.2) is 0 Å². The van der Waals surface area contributed by atoms with E-state index in [1.165, 1.54) is 0 Å². The van der Waals surface area contributed by atoms with Crippen LogP contribution < -0.4 is 11.1 Å². The molecule has 0 fully saturated rings. The molecule has 0 aliphatic heterocycles. The second-order valence-electron chi connectivity index (χ2n) is 4.26. The first kappa shape index (κ1) is 14.5. The van der Waals surface area contributed by atoms with Crippen molar-refractivity contribution in [3.8, 4) is 0 Å². The molecule has 0 saturated heterocycles. The second kappa shape index (κ2) is 6.98. The molecule has 5 nitrogen and oxygen atoms in total. The van der Waals surface area contributed by atoms with Crippen molar-refractivity contribution >= 4 is 17.3 Å². The number of nitrogen functional groups attached to an aromatic ring is 1. The van der Waals surface area contributed by atoms with Gasteiger partial charge in [-0.05, 0) is 38.2 Å². The molecule has 0 radical (unpaired) electrons. The van der Waals surface area contributed by atoms with Crippen molar-refractivity contribution in [2.75, 3.05) is 38.4 Å². The minimum Gasteiger partial charge on any atom is -0.399 e. The highest BCUT2D eigenvalue weighted by atomic mass is 16.5. The minimum atomic E-state index is -0.210. The fourth-order valence-electron chi connectivity index (χ4n) is 1.44. The Hall–Kier alpha value is -1.59. The summed E-state index contributed by atoms with van der Waals surface area (Å²) in [7, 11) is 3.54. The molecule has 1 amide bonds. The van der Waals surface area contributed by atoms with Gasteiger partial charge in [0.2, 0.25) is 5.91 Å². The normalized spacial score (nSPS) is 12.4. The van der Waals surface area contributed by atoms with E-state index in [-0.39, 0.29) is 11.9 Å². The third-order valence-corrected chi connectivity index (χ3v) is 2.87. The number of hydrogen-bond acceptors (Lipinski definition) is 4. The molecule has 100 valence electrons. The molecule has 5 heteroatoms. The van der Waals surface area contributed by atoms with Gasteiger partial charge in [0.1, 0.15) is 0 Å². The fourth-order valence-corrected chi connectivity index (χ4v) is 1.44. The first-order valence-corrected chi connectivity index (χ1v) is 5.90. The molecule has 1 aromatic carbocycles. The van der Waals surface area contributed by atoms with E-state index in [2.05, 4.69) is 5.32 Å². The summed E-state index contributed by atoms with van der Waals surface area (Å²) in [5.41, 5.74) is 7.02. The Bertz CT molecular complexity index is 378. The monoisotopic (exact) mass is 251 g/mol. The van der Waals surface area contributed by atoms with E-state index in [0.29, 0.717) is 18.8 Å². The molecule has 18 heavy (non-hydrogen) atoms. The van der Waals surface area contributed by atoms with Gasteiger partial charge in [-0.1, -0.05) is 0 Å². The quantitative estimate of drug-likeness (QED) is 0.745. The fraction of sp³-hybridized carbons (Fsp3) is 0.462. The van der Waals surface area contributed by atoms with Crippen molar-refractivity contribution in [3.05, 3.63) is 24.3 Å². The number of nitrogens with one attached hydrogen (secondary N) is 1. The maximum atomic E-state index is 12.0. The Morgan fingerprint density at radius 1 is 1.44 bits per heavy atom. The zero-order chi connectivity index (χ0) is 13.5. The van der Waals surface area contributed by atoms with Crippen molar-refractivity contribution in [2.45, 2.75) is 13.0 Å². The van der Waals surface area contributed by atoms with Crippen molar-refractivity contribution in [3.63, 3.8) is 0 Å². The molecule has 0 heterocycles. The molecule has 0 aliphatic carbocycles. The number of hydrogen-bond donors (Lipinski definition) is 2. The summed E-state index contributed by atoms with van der Waals surface area (Å²) in [6.45, 7) is 3.19. The summed E-state index contributed by atoms with van der Waals surface area (Å²) < 4.78 is 4.99. The summed E-state index contributed by atoms with van der Waals surface area (Å²) in [4.78, 5) is 13.9. The maximum Gasteiger partial charge on any atom is 0.241 e. The first-order valence-electron chi connectivity index (χ1n) is 5.90. The summed E-state index contributed by atoms with van der Waals surface area (Å²) >= 11 is 0. The van der Waals surface area contributed by atoms with Crippen LogP contribution in [0.2, 0.25) is 0 Å². The standard InChI is InChI=1S/C13H21N3O2/c1-10(16(2)8-9-18-3)13(17)15-12-6-4-11(14)5-7-12/h4-7,10H,8-9,14H2,1-3H3,(H,15,17). The largest absolute Gasteiger partial charge is 0.399 e. The van der Waals surface area contributed by atoms with Crippen LogP contribution in [0.15, 0.2) is 24.3 Å². The van der Waals surface area contributed by atoms with Gasteiger partial charge in [0.25, 0.3) is 0 Å². The molecule has 3 N–H and O–H groups in total. The van der Waals surface area contributed by atoms with E-state index in [4.69, 9.17) is 10.5 Å². The van der Waals surface area contributed by atoms with E-state index in [1.807, 2.05) is 18.9 Å². The van der Waals surface area contributed by atoms with Crippen LogP contribution in [0.5, 0.6) is 0 Å². The molecular weight excluding hydrogens is 230 g/mol. The molecule has 0 bridgehead atoms. The van der Waals surface area contributed by atoms with Crippen molar-refractivity contribution in [1.82, 2.24) is 4.90 Å². The maximum absolute atomic E-state index is 12.0. The van der Waals surface area contributed by atoms with Crippen LogP contribution >= 0.6 is 0 Å². The van der Waals surface area contributed by atoms with Gasteiger partial charge in [0, 0.05) is 25.0 Å². The van der Waals surface area contributed by atoms with Gasteiger partial charge in [-0.2, -0.15) is 0 Å². The molecule has 1 aromatic rings. The lowest BCUT2D eigenvalue weighted by Gasteiger charge is -2.23. The predicted octanol–water partition coefficient (Wildman–Crippen LogP) is 1.17.